The Morgan fingerprint density at radius 3 is 2.28 bits per heavy atom. The lowest BCUT2D eigenvalue weighted by atomic mass is 9.92. The van der Waals surface area contributed by atoms with Gasteiger partial charge in [-0.3, -0.25) is 23.6 Å². The predicted octanol–water partition coefficient (Wildman–Crippen LogP) is 0.0512. The molecule has 2 aromatic rings. The minimum Gasteiger partial charge on any atom is -0.319 e. The third kappa shape index (κ3) is 2.55. The van der Waals surface area contributed by atoms with Crippen molar-refractivity contribution in [3.63, 3.8) is 0 Å². The number of carbonyl (C=O) groups excluding carboxylic acids is 2. The number of hydrogen-bond acceptors (Lipinski definition) is 4. The first-order valence-electron chi connectivity index (χ1n) is 7.71. The van der Waals surface area contributed by atoms with E-state index in [0.29, 0.717) is 5.56 Å². The molecule has 1 atom stereocenters. The number of aromatic nitrogens is 2. The van der Waals surface area contributed by atoms with Gasteiger partial charge in [0.15, 0.2) is 0 Å². The first-order valence-corrected chi connectivity index (χ1v) is 7.71. The molecule has 0 bridgehead atoms. The number of amides is 3. The highest BCUT2D eigenvalue weighted by Crippen LogP contribution is 2.29. The summed E-state index contributed by atoms with van der Waals surface area (Å²) in [5.74, 6) is -0.433. The maximum atomic E-state index is 12.9. The van der Waals surface area contributed by atoms with E-state index in [1.165, 1.54) is 24.7 Å². The van der Waals surface area contributed by atoms with Crippen molar-refractivity contribution in [2.75, 3.05) is 0 Å². The Labute approximate surface area is 143 Å². The summed E-state index contributed by atoms with van der Waals surface area (Å²) in [6.45, 7) is 1.47. The molecule has 1 aliphatic heterocycles. The molecule has 1 saturated heterocycles. The van der Waals surface area contributed by atoms with Gasteiger partial charge in [0.05, 0.1) is 6.54 Å². The van der Waals surface area contributed by atoms with E-state index in [-0.39, 0.29) is 12.2 Å². The Balaban J connectivity index is 1.98. The third-order valence-electron chi connectivity index (χ3n) is 4.57. The molecule has 0 aliphatic carbocycles. The third-order valence-corrected chi connectivity index (χ3v) is 4.57. The molecule has 1 fully saturated rings. The SMILES string of the molecule is Cn1c(CN2C(=O)N[C@](C)(c3ccccc3)C2=O)cc(=O)n(C)c1=O. The highest BCUT2D eigenvalue weighted by atomic mass is 16.2. The molecule has 3 amide bonds. The van der Waals surface area contributed by atoms with Crippen LogP contribution >= 0.6 is 0 Å². The number of rotatable bonds is 3. The van der Waals surface area contributed by atoms with E-state index in [1.807, 2.05) is 6.07 Å². The fourth-order valence-electron chi connectivity index (χ4n) is 2.90. The van der Waals surface area contributed by atoms with E-state index in [4.69, 9.17) is 0 Å². The van der Waals surface area contributed by atoms with Crippen LogP contribution in [0.5, 0.6) is 0 Å². The van der Waals surface area contributed by atoms with Crippen LogP contribution in [0.25, 0.3) is 0 Å². The second kappa shape index (κ2) is 5.73. The zero-order valence-corrected chi connectivity index (χ0v) is 14.1. The number of imide groups is 1. The van der Waals surface area contributed by atoms with Crippen LogP contribution in [0.2, 0.25) is 0 Å². The van der Waals surface area contributed by atoms with Crippen molar-refractivity contribution >= 4 is 11.9 Å². The van der Waals surface area contributed by atoms with E-state index in [0.717, 1.165) is 9.47 Å². The summed E-state index contributed by atoms with van der Waals surface area (Å²) >= 11 is 0. The molecular weight excluding hydrogens is 324 g/mol. The van der Waals surface area contributed by atoms with Crippen molar-refractivity contribution in [2.45, 2.75) is 19.0 Å². The van der Waals surface area contributed by atoms with Gasteiger partial charge in [-0.2, -0.15) is 0 Å². The second-order valence-corrected chi connectivity index (χ2v) is 6.19. The fourth-order valence-corrected chi connectivity index (χ4v) is 2.90. The minimum absolute atomic E-state index is 0.158. The molecule has 2 heterocycles. The van der Waals surface area contributed by atoms with Gasteiger partial charge in [-0.05, 0) is 12.5 Å². The first kappa shape index (κ1) is 16.7. The molecule has 1 aliphatic rings. The van der Waals surface area contributed by atoms with E-state index in [1.54, 1.807) is 31.2 Å². The number of urea groups is 1. The van der Waals surface area contributed by atoms with Crippen molar-refractivity contribution in [1.82, 2.24) is 19.4 Å². The molecule has 0 spiro atoms. The summed E-state index contributed by atoms with van der Waals surface area (Å²) < 4.78 is 2.21. The van der Waals surface area contributed by atoms with E-state index in [2.05, 4.69) is 5.32 Å². The van der Waals surface area contributed by atoms with Gasteiger partial charge in [0, 0.05) is 25.9 Å². The average Bonchev–Trinajstić information content (AvgIpc) is 2.82. The molecule has 8 heteroatoms. The maximum absolute atomic E-state index is 12.9. The van der Waals surface area contributed by atoms with Crippen LogP contribution in [0.1, 0.15) is 18.2 Å². The molecular formula is C17H18N4O4. The van der Waals surface area contributed by atoms with Crippen LogP contribution < -0.4 is 16.6 Å². The molecule has 3 rings (SSSR count). The summed E-state index contributed by atoms with van der Waals surface area (Å²) in [7, 11) is 2.86. The number of hydrogen-bond donors (Lipinski definition) is 1. The lowest BCUT2D eigenvalue weighted by molar-refractivity contribution is -0.131. The largest absolute Gasteiger partial charge is 0.330 e. The van der Waals surface area contributed by atoms with Crippen LogP contribution in [0.15, 0.2) is 46.0 Å². The molecule has 0 saturated carbocycles. The summed E-state index contributed by atoms with van der Waals surface area (Å²) in [6, 6.07) is 9.59. The monoisotopic (exact) mass is 342 g/mol. The summed E-state index contributed by atoms with van der Waals surface area (Å²) in [6.07, 6.45) is 0. The van der Waals surface area contributed by atoms with Gasteiger partial charge < -0.3 is 5.32 Å². The Kier molecular flexibility index (Phi) is 3.82. The van der Waals surface area contributed by atoms with Gasteiger partial charge in [-0.25, -0.2) is 9.59 Å². The van der Waals surface area contributed by atoms with Crippen LogP contribution in [0, 0.1) is 0 Å². The average molecular weight is 342 g/mol. The van der Waals surface area contributed by atoms with Crippen LogP contribution in [0.4, 0.5) is 4.79 Å². The first-order chi connectivity index (χ1) is 11.8. The smallest absolute Gasteiger partial charge is 0.319 e. The lowest BCUT2D eigenvalue weighted by Crippen LogP contribution is -2.42. The van der Waals surface area contributed by atoms with Gasteiger partial charge in [-0.1, -0.05) is 30.3 Å². The zero-order valence-electron chi connectivity index (χ0n) is 14.1. The Bertz CT molecular complexity index is 976. The summed E-state index contributed by atoms with van der Waals surface area (Å²) in [5, 5.41) is 2.69. The number of carbonyl (C=O) groups is 2. The lowest BCUT2D eigenvalue weighted by Gasteiger charge is -2.22. The molecule has 1 N–H and O–H groups in total. The van der Waals surface area contributed by atoms with E-state index >= 15 is 0 Å². The van der Waals surface area contributed by atoms with Crippen molar-refractivity contribution in [2.24, 2.45) is 14.1 Å². The molecule has 130 valence electrons. The van der Waals surface area contributed by atoms with E-state index in [9.17, 15) is 19.2 Å². The van der Waals surface area contributed by atoms with Gasteiger partial charge >= 0.3 is 11.7 Å². The summed E-state index contributed by atoms with van der Waals surface area (Å²) in [4.78, 5) is 50.1. The van der Waals surface area contributed by atoms with Crippen LogP contribution in [-0.2, 0) is 31.0 Å². The fraction of sp³-hybridized carbons (Fsp3) is 0.294. The number of nitrogens with one attached hydrogen (secondary N) is 1. The standard InChI is InChI=1S/C17H18N4O4/c1-17(11-7-5-4-6-8-11)14(23)21(15(24)18-17)10-12-9-13(22)20(3)16(25)19(12)2/h4-9H,10H2,1-3H3,(H,18,24)/t17-/m1/s1. The van der Waals surface area contributed by atoms with E-state index < -0.39 is 28.7 Å². The van der Waals surface area contributed by atoms with Crippen molar-refractivity contribution < 1.29 is 9.59 Å². The van der Waals surface area contributed by atoms with Crippen molar-refractivity contribution in [3.05, 3.63) is 68.5 Å². The van der Waals surface area contributed by atoms with Crippen molar-refractivity contribution in [1.29, 1.82) is 0 Å². The molecule has 8 nitrogen and oxygen atoms in total. The molecule has 25 heavy (non-hydrogen) atoms. The second-order valence-electron chi connectivity index (χ2n) is 6.19. The topological polar surface area (TPSA) is 93.4 Å². The molecule has 0 radical (unpaired) electrons. The van der Waals surface area contributed by atoms with Gasteiger partial charge in [0.2, 0.25) is 0 Å². The zero-order chi connectivity index (χ0) is 18.4. The normalized spacial score (nSPS) is 20.0. The Morgan fingerprint density at radius 2 is 1.64 bits per heavy atom. The maximum Gasteiger partial charge on any atom is 0.330 e. The molecule has 1 aromatic carbocycles. The Morgan fingerprint density at radius 1 is 1.00 bits per heavy atom. The highest BCUT2D eigenvalue weighted by Gasteiger charge is 2.49. The van der Waals surface area contributed by atoms with Gasteiger partial charge in [0.25, 0.3) is 11.5 Å². The van der Waals surface area contributed by atoms with Gasteiger partial charge in [-0.15, -0.1) is 0 Å². The number of nitrogens with zero attached hydrogens (tertiary/aromatic N) is 3. The Hall–Kier alpha value is -3.16. The van der Waals surface area contributed by atoms with Crippen LogP contribution in [-0.4, -0.2) is 26.0 Å². The summed E-state index contributed by atoms with van der Waals surface area (Å²) in [5.41, 5.74) is -1.24. The van der Waals surface area contributed by atoms with Crippen molar-refractivity contribution in [3.8, 4) is 0 Å². The quantitative estimate of drug-likeness (QED) is 0.798. The minimum atomic E-state index is -1.18. The number of benzene rings is 1. The molecule has 0 unspecified atom stereocenters. The predicted molar refractivity (Wildman–Crippen MR) is 89.8 cm³/mol. The van der Waals surface area contributed by atoms with Gasteiger partial charge in [0.1, 0.15) is 5.54 Å². The molecule has 1 aromatic heterocycles. The highest BCUT2D eigenvalue weighted by molar-refractivity contribution is 6.07. The van der Waals surface area contributed by atoms with Crippen LogP contribution in [0.3, 0.4) is 0 Å².